The van der Waals surface area contributed by atoms with E-state index in [0.717, 1.165) is 19.5 Å². The lowest BCUT2D eigenvalue weighted by Gasteiger charge is -2.30. The summed E-state index contributed by atoms with van der Waals surface area (Å²) in [6.45, 7) is 5.26. The number of amides is 2. The van der Waals surface area contributed by atoms with E-state index in [1.165, 1.54) is 12.4 Å². The third-order valence-corrected chi connectivity index (χ3v) is 4.68. The Kier molecular flexibility index (Phi) is 6.02. The molecule has 166 valence electrons. The monoisotopic (exact) mass is 436 g/mol. The van der Waals surface area contributed by atoms with Crippen molar-refractivity contribution in [3.8, 4) is 17.4 Å². The molecule has 0 radical (unpaired) electrons. The van der Waals surface area contributed by atoms with Crippen LogP contribution in [0, 0.1) is 0 Å². The first-order valence-corrected chi connectivity index (χ1v) is 10.3. The van der Waals surface area contributed by atoms with Crippen molar-refractivity contribution in [2.24, 2.45) is 7.05 Å². The number of nitrogens with zero attached hydrogens (tertiary/aromatic N) is 5. The zero-order chi connectivity index (χ0) is 22.7. The summed E-state index contributed by atoms with van der Waals surface area (Å²) in [5.41, 5.74) is 0.603. The standard InChI is InChI=1S/C22H24N6O4/c1-14(2)31-16-9-15(21(29)25-19-5-8-27(3)26-19)10-17(11-16)32-20-13-23-18(12-24-20)22(30)28-6-4-7-28/h5,8-14H,4,6-7H2,1-3H3,(H,25,26,29). The molecular formula is C22H24N6O4. The molecule has 1 fully saturated rings. The minimum absolute atomic E-state index is 0.0939. The molecule has 2 aromatic heterocycles. The number of anilines is 1. The Morgan fingerprint density at radius 2 is 1.88 bits per heavy atom. The third kappa shape index (κ3) is 5.02. The summed E-state index contributed by atoms with van der Waals surface area (Å²) in [5.74, 6) is 0.957. The van der Waals surface area contributed by atoms with Crippen molar-refractivity contribution in [1.29, 1.82) is 0 Å². The molecule has 1 N–H and O–H groups in total. The number of carbonyl (C=O) groups is 2. The highest BCUT2D eigenvalue weighted by molar-refractivity contribution is 6.04. The van der Waals surface area contributed by atoms with Crippen molar-refractivity contribution in [3.63, 3.8) is 0 Å². The lowest BCUT2D eigenvalue weighted by Crippen LogP contribution is -2.42. The van der Waals surface area contributed by atoms with Crippen molar-refractivity contribution < 1.29 is 19.1 Å². The van der Waals surface area contributed by atoms with Crippen LogP contribution in [-0.2, 0) is 7.05 Å². The van der Waals surface area contributed by atoms with Gasteiger partial charge in [-0.15, -0.1) is 0 Å². The zero-order valence-corrected chi connectivity index (χ0v) is 18.1. The second-order valence-corrected chi connectivity index (χ2v) is 7.68. The third-order valence-electron chi connectivity index (χ3n) is 4.68. The highest BCUT2D eigenvalue weighted by atomic mass is 16.5. The van der Waals surface area contributed by atoms with Gasteiger partial charge in [-0.2, -0.15) is 5.10 Å². The smallest absolute Gasteiger partial charge is 0.274 e. The summed E-state index contributed by atoms with van der Waals surface area (Å²) in [6.07, 6.45) is 5.42. The molecule has 0 aliphatic carbocycles. The van der Waals surface area contributed by atoms with Gasteiger partial charge >= 0.3 is 0 Å². The van der Waals surface area contributed by atoms with Gasteiger partial charge in [0.25, 0.3) is 11.8 Å². The predicted molar refractivity (Wildman–Crippen MR) is 116 cm³/mol. The van der Waals surface area contributed by atoms with Gasteiger partial charge in [-0.25, -0.2) is 9.97 Å². The molecule has 1 aliphatic heterocycles. The van der Waals surface area contributed by atoms with Gasteiger partial charge in [-0.05, 0) is 32.4 Å². The van der Waals surface area contributed by atoms with E-state index in [0.29, 0.717) is 22.9 Å². The summed E-state index contributed by atoms with van der Waals surface area (Å²) in [7, 11) is 1.77. The number of aryl methyl sites for hydroxylation is 1. The van der Waals surface area contributed by atoms with Gasteiger partial charge in [0.1, 0.15) is 17.2 Å². The number of carbonyl (C=O) groups excluding carboxylic acids is 2. The van der Waals surface area contributed by atoms with Gasteiger partial charge in [0, 0.05) is 44.0 Å². The first-order valence-electron chi connectivity index (χ1n) is 10.3. The molecule has 10 nitrogen and oxygen atoms in total. The van der Waals surface area contributed by atoms with Crippen molar-refractivity contribution in [2.75, 3.05) is 18.4 Å². The molecule has 3 aromatic rings. The molecule has 1 saturated heterocycles. The van der Waals surface area contributed by atoms with Gasteiger partial charge in [-0.1, -0.05) is 0 Å². The maximum atomic E-state index is 12.7. The Balaban J connectivity index is 1.53. The van der Waals surface area contributed by atoms with Crippen LogP contribution in [0.3, 0.4) is 0 Å². The van der Waals surface area contributed by atoms with Crippen LogP contribution in [0.4, 0.5) is 5.82 Å². The Morgan fingerprint density at radius 1 is 1.09 bits per heavy atom. The number of aromatic nitrogens is 4. The van der Waals surface area contributed by atoms with Gasteiger partial charge in [0.05, 0.1) is 18.5 Å². The van der Waals surface area contributed by atoms with Crippen molar-refractivity contribution >= 4 is 17.6 Å². The molecule has 0 bridgehead atoms. The van der Waals surface area contributed by atoms with Crippen LogP contribution in [0.2, 0.25) is 0 Å². The second-order valence-electron chi connectivity index (χ2n) is 7.68. The van der Waals surface area contributed by atoms with E-state index in [1.54, 1.807) is 47.1 Å². The molecule has 0 atom stereocenters. The predicted octanol–water partition coefficient (Wildman–Crippen LogP) is 2.89. The quantitative estimate of drug-likeness (QED) is 0.606. The van der Waals surface area contributed by atoms with E-state index < -0.39 is 0 Å². The van der Waals surface area contributed by atoms with Gasteiger partial charge in [0.2, 0.25) is 5.88 Å². The van der Waals surface area contributed by atoms with Crippen molar-refractivity contribution in [3.05, 3.63) is 54.1 Å². The fourth-order valence-electron chi connectivity index (χ4n) is 3.05. The number of likely N-dealkylation sites (tertiary alicyclic amines) is 1. The fraction of sp³-hybridized carbons (Fsp3) is 0.318. The summed E-state index contributed by atoms with van der Waals surface area (Å²) in [6, 6.07) is 6.57. The summed E-state index contributed by atoms with van der Waals surface area (Å²) in [5, 5.41) is 6.90. The maximum Gasteiger partial charge on any atom is 0.274 e. The number of nitrogens with one attached hydrogen (secondary N) is 1. The minimum atomic E-state index is -0.357. The number of hydrogen-bond acceptors (Lipinski definition) is 7. The van der Waals surface area contributed by atoms with E-state index >= 15 is 0 Å². The lowest BCUT2D eigenvalue weighted by molar-refractivity contribution is 0.0645. The first-order chi connectivity index (χ1) is 15.4. The van der Waals surface area contributed by atoms with Crippen molar-refractivity contribution in [1.82, 2.24) is 24.6 Å². The summed E-state index contributed by atoms with van der Waals surface area (Å²) >= 11 is 0. The van der Waals surface area contributed by atoms with Crippen LogP contribution in [0.5, 0.6) is 17.4 Å². The second kappa shape index (κ2) is 9.04. The lowest BCUT2D eigenvalue weighted by atomic mass is 10.2. The van der Waals surface area contributed by atoms with Crippen LogP contribution in [0.1, 0.15) is 41.1 Å². The van der Waals surface area contributed by atoms with Gasteiger partial charge in [0.15, 0.2) is 5.82 Å². The highest BCUT2D eigenvalue weighted by Crippen LogP contribution is 2.28. The molecule has 0 unspecified atom stereocenters. The van der Waals surface area contributed by atoms with Gasteiger partial charge < -0.3 is 19.7 Å². The van der Waals surface area contributed by atoms with Crippen LogP contribution in [0.15, 0.2) is 42.9 Å². The van der Waals surface area contributed by atoms with Crippen LogP contribution < -0.4 is 14.8 Å². The zero-order valence-electron chi connectivity index (χ0n) is 18.1. The number of hydrogen-bond donors (Lipinski definition) is 1. The summed E-state index contributed by atoms with van der Waals surface area (Å²) in [4.78, 5) is 35.0. The molecule has 32 heavy (non-hydrogen) atoms. The van der Waals surface area contributed by atoms with Gasteiger partial charge in [-0.3, -0.25) is 14.3 Å². The average Bonchev–Trinajstić information content (AvgIpc) is 3.11. The maximum absolute atomic E-state index is 12.7. The van der Waals surface area contributed by atoms with E-state index in [1.807, 2.05) is 13.8 Å². The van der Waals surface area contributed by atoms with Crippen LogP contribution >= 0.6 is 0 Å². The van der Waals surface area contributed by atoms with Crippen LogP contribution in [-0.4, -0.2) is 55.7 Å². The van der Waals surface area contributed by atoms with E-state index in [-0.39, 0.29) is 29.5 Å². The topological polar surface area (TPSA) is 111 Å². The highest BCUT2D eigenvalue weighted by Gasteiger charge is 2.23. The largest absolute Gasteiger partial charge is 0.491 e. The Labute approximate surface area is 185 Å². The molecular weight excluding hydrogens is 412 g/mol. The summed E-state index contributed by atoms with van der Waals surface area (Å²) < 4.78 is 13.2. The number of ether oxygens (including phenoxy) is 2. The Morgan fingerprint density at radius 3 is 2.47 bits per heavy atom. The van der Waals surface area contributed by atoms with E-state index in [9.17, 15) is 9.59 Å². The minimum Gasteiger partial charge on any atom is -0.491 e. The molecule has 4 rings (SSSR count). The van der Waals surface area contributed by atoms with E-state index in [2.05, 4.69) is 20.4 Å². The fourth-order valence-corrected chi connectivity index (χ4v) is 3.05. The molecule has 0 saturated carbocycles. The Hall–Kier alpha value is -3.95. The molecule has 3 heterocycles. The Bertz CT molecular complexity index is 1120. The molecule has 1 aliphatic rings. The number of benzene rings is 1. The SMILES string of the molecule is CC(C)Oc1cc(Oc2cnc(C(=O)N3CCC3)cn2)cc(C(=O)Nc2ccn(C)n2)c1. The van der Waals surface area contributed by atoms with E-state index in [4.69, 9.17) is 9.47 Å². The molecule has 0 spiro atoms. The first kappa shape index (κ1) is 21.3. The molecule has 2 amide bonds. The van der Waals surface area contributed by atoms with Crippen molar-refractivity contribution in [2.45, 2.75) is 26.4 Å². The number of rotatable bonds is 7. The molecule has 1 aromatic carbocycles. The van der Waals surface area contributed by atoms with Crippen LogP contribution in [0.25, 0.3) is 0 Å². The average molecular weight is 436 g/mol. The normalized spacial score (nSPS) is 12.9. The molecule has 10 heteroatoms.